The molecular weight excluding hydrogens is 332 g/mol. The van der Waals surface area contributed by atoms with E-state index in [1.807, 2.05) is 31.2 Å². The second-order valence-electron chi connectivity index (χ2n) is 4.84. The second kappa shape index (κ2) is 7.34. The van der Waals surface area contributed by atoms with E-state index >= 15 is 0 Å². The van der Waals surface area contributed by atoms with Gasteiger partial charge in [0.1, 0.15) is 0 Å². The van der Waals surface area contributed by atoms with Gasteiger partial charge < -0.3 is 4.42 Å². The van der Waals surface area contributed by atoms with Crippen LogP contribution in [0.5, 0.6) is 0 Å². The molecular formula is C15H17BrN4O. The summed E-state index contributed by atoms with van der Waals surface area (Å²) in [6.45, 7) is 6.04. The highest BCUT2D eigenvalue weighted by atomic mass is 79.9. The van der Waals surface area contributed by atoms with Crippen molar-refractivity contribution < 1.29 is 4.42 Å². The predicted molar refractivity (Wildman–Crippen MR) is 83.2 cm³/mol. The first-order valence-electron chi connectivity index (χ1n) is 6.83. The Bertz CT molecular complexity index is 635. The number of hydrogen-bond acceptors (Lipinski definition) is 5. The van der Waals surface area contributed by atoms with Gasteiger partial charge in [0.05, 0.1) is 24.1 Å². The smallest absolute Gasteiger partial charge is 0.248 e. The Morgan fingerprint density at radius 2 is 2.14 bits per heavy atom. The maximum absolute atomic E-state index is 8.90. The third-order valence-corrected chi connectivity index (χ3v) is 3.82. The van der Waals surface area contributed by atoms with Crippen molar-refractivity contribution in [2.75, 3.05) is 13.1 Å². The fraction of sp³-hybridized carbons (Fsp3) is 0.400. The van der Waals surface area contributed by atoms with E-state index in [1.165, 1.54) is 0 Å². The van der Waals surface area contributed by atoms with Crippen molar-refractivity contribution in [3.63, 3.8) is 0 Å². The molecule has 0 saturated heterocycles. The molecule has 0 aliphatic carbocycles. The monoisotopic (exact) mass is 348 g/mol. The quantitative estimate of drug-likeness (QED) is 0.799. The Morgan fingerprint density at radius 3 is 2.81 bits per heavy atom. The van der Waals surface area contributed by atoms with Crippen LogP contribution < -0.4 is 0 Å². The molecule has 0 spiro atoms. The maximum Gasteiger partial charge on any atom is 0.248 e. The summed E-state index contributed by atoms with van der Waals surface area (Å²) in [4.78, 5) is 2.12. The van der Waals surface area contributed by atoms with Gasteiger partial charge in [-0.15, -0.1) is 10.2 Å². The second-order valence-corrected chi connectivity index (χ2v) is 5.69. The Hall–Kier alpha value is -1.71. The normalized spacial score (nSPS) is 12.3. The minimum Gasteiger partial charge on any atom is -0.419 e. The summed E-state index contributed by atoms with van der Waals surface area (Å²) in [6.07, 6.45) is 0. The molecule has 1 heterocycles. The van der Waals surface area contributed by atoms with E-state index in [0.717, 1.165) is 16.6 Å². The van der Waals surface area contributed by atoms with Crippen LogP contribution >= 0.6 is 15.9 Å². The predicted octanol–water partition coefficient (Wildman–Crippen LogP) is 3.48. The average Bonchev–Trinajstić information content (AvgIpc) is 2.95. The maximum atomic E-state index is 8.90. The number of nitriles is 1. The zero-order valence-corrected chi connectivity index (χ0v) is 13.7. The van der Waals surface area contributed by atoms with E-state index in [4.69, 9.17) is 9.68 Å². The lowest BCUT2D eigenvalue weighted by molar-refractivity contribution is 0.235. The molecule has 1 aromatic carbocycles. The summed E-state index contributed by atoms with van der Waals surface area (Å²) in [5.74, 6) is 1.05. The van der Waals surface area contributed by atoms with Crippen molar-refractivity contribution in [1.82, 2.24) is 15.1 Å². The lowest BCUT2D eigenvalue weighted by atomic mass is 10.2. The van der Waals surface area contributed by atoms with Crippen molar-refractivity contribution >= 4 is 15.9 Å². The highest BCUT2D eigenvalue weighted by Gasteiger charge is 2.15. The van der Waals surface area contributed by atoms with Gasteiger partial charge in [-0.05, 0) is 41.5 Å². The fourth-order valence-electron chi connectivity index (χ4n) is 1.99. The number of rotatable bonds is 6. The first-order valence-corrected chi connectivity index (χ1v) is 7.62. The zero-order valence-electron chi connectivity index (χ0n) is 12.1. The van der Waals surface area contributed by atoms with Crippen LogP contribution in [0.1, 0.15) is 19.7 Å². The highest BCUT2D eigenvalue weighted by Crippen LogP contribution is 2.26. The Labute approximate surface area is 132 Å². The van der Waals surface area contributed by atoms with Crippen LogP contribution in [0.25, 0.3) is 11.5 Å². The van der Waals surface area contributed by atoms with E-state index in [-0.39, 0.29) is 5.92 Å². The van der Waals surface area contributed by atoms with E-state index in [1.54, 1.807) is 0 Å². The number of halogens is 1. The molecule has 110 valence electrons. The number of nitrogens with zero attached hydrogens (tertiary/aromatic N) is 4. The fourth-order valence-corrected chi connectivity index (χ4v) is 2.44. The van der Waals surface area contributed by atoms with Gasteiger partial charge >= 0.3 is 0 Å². The third-order valence-electron chi connectivity index (χ3n) is 3.13. The lowest BCUT2D eigenvalue weighted by Crippen LogP contribution is -2.27. The first-order chi connectivity index (χ1) is 10.1. The Morgan fingerprint density at radius 1 is 1.38 bits per heavy atom. The Kier molecular flexibility index (Phi) is 5.48. The molecule has 1 unspecified atom stereocenters. The van der Waals surface area contributed by atoms with Crippen LogP contribution in [0.4, 0.5) is 0 Å². The number of hydrogen-bond donors (Lipinski definition) is 0. The topological polar surface area (TPSA) is 66.0 Å². The van der Waals surface area contributed by atoms with Crippen LogP contribution in [0.3, 0.4) is 0 Å². The van der Waals surface area contributed by atoms with E-state index < -0.39 is 0 Å². The SMILES string of the molecule is CCN(Cc1nnc(-c2ccccc2Br)o1)CC(C)C#N. The summed E-state index contributed by atoms with van der Waals surface area (Å²) in [7, 11) is 0. The molecule has 0 bridgehead atoms. The molecule has 0 fully saturated rings. The molecule has 1 aromatic heterocycles. The average molecular weight is 349 g/mol. The van der Waals surface area contributed by atoms with Gasteiger partial charge in [0.2, 0.25) is 11.8 Å². The number of benzene rings is 1. The summed E-state index contributed by atoms with van der Waals surface area (Å²) in [6, 6.07) is 9.97. The molecule has 5 nitrogen and oxygen atoms in total. The molecule has 0 N–H and O–H groups in total. The summed E-state index contributed by atoms with van der Waals surface area (Å²) >= 11 is 3.47. The molecule has 0 aliphatic heterocycles. The molecule has 2 aromatic rings. The van der Waals surface area contributed by atoms with Crippen molar-refractivity contribution in [2.45, 2.75) is 20.4 Å². The van der Waals surface area contributed by atoms with Crippen LogP contribution in [0.2, 0.25) is 0 Å². The van der Waals surface area contributed by atoms with Gasteiger partial charge in [-0.3, -0.25) is 4.90 Å². The molecule has 6 heteroatoms. The lowest BCUT2D eigenvalue weighted by Gasteiger charge is -2.19. The van der Waals surface area contributed by atoms with Crippen molar-refractivity contribution in [3.05, 3.63) is 34.6 Å². The standard InChI is InChI=1S/C15H17BrN4O/c1-3-20(9-11(2)8-17)10-14-18-19-15(21-14)12-6-4-5-7-13(12)16/h4-7,11H,3,9-10H2,1-2H3. The van der Waals surface area contributed by atoms with Gasteiger partial charge in [0.15, 0.2) is 0 Å². The zero-order chi connectivity index (χ0) is 15.2. The van der Waals surface area contributed by atoms with Crippen molar-refractivity contribution in [1.29, 1.82) is 5.26 Å². The molecule has 0 amide bonds. The minimum atomic E-state index is -0.0180. The van der Waals surface area contributed by atoms with Crippen molar-refractivity contribution in [2.24, 2.45) is 5.92 Å². The summed E-state index contributed by atoms with van der Waals surface area (Å²) in [5.41, 5.74) is 0.879. The van der Waals surface area contributed by atoms with Crippen LogP contribution in [0.15, 0.2) is 33.2 Å². The van der Waals surface area contributed by atoms with Gasteiger partial charge in [0, 0.05) is 11.0 Å². The summed E-state index contributed by atoms with van der Waals surface area (Å²) < 4.78 is 6.64. The summed E-state index contributed by atoms with van der Waals surface area (Å²) in [5, 5.41) is 17.1. The van der Waals surface area contributed by atoms with E-state index in [0.29, 0.717) is 24.9 Å². The van der Waals surface area contributed by atoms with E-state index in [9.17, 15) is 0 Å². The minimum absolute atomic E-state index is 0.0180. The van der Waals surface area contributed by atoms with Gasteiger partial charge in [-0.1, -0.05) is 19.1 Å². The van der Waals surface area contributed by atoms with Crippen LogP contribution in [0, 0.1) is 17.2 Å². The molecule has 21 heavy (non-hydrogen) atoms. The van der Waals surface area contributed by atoms with Crippen LogP contribution in [-0.2, 0) is 6.54 Å². The van der Waals surface area contributed by atoms with E-state index in [2.05, 4.69) is 44.0 Å². The largest absolute Gasteiger partial charge is 0.419 e. The van der Waals surface area contributed by atoms with Gasteiger partial charge in [-0.25, -0.2) is 0 Å². The number of aromatic nitrogens is 2. The van der Waals surface area contributed by atoms with Crippen LogP contribution in [-0.4, -0.2) is 28.2 Å². The molecule has 1 atom stereocenters. The van der Waals surface area contributed by atoms with Crippen molar-refractivity contribution in [3.8, 4) is 17.5 Å². The molecule has 0 saturated carbocycles. The van der Waals surface area contributed by atoms with Gasteiger partial charge in [0.25, 0.3) is 0 Å². The third kappa shape index (κ3) is 4.13. The molecule has 2 rings (SSSR count). The first kappa shape index (κ1) is 15.7. The highest BCUT2D eigenvalue weighted by molar-refractivity contribution is 9.10. The molecule has 0 aliphatic rings. The van der Waals surface area contributed by atoms with Gasteiger partial charge in [-0.2, -0.15) is 5.26 Å². The molecule has 0 radical (unpaired) electrons. The Balaban J connectivity index is 2.10.